The van der Waals surface area contributed by atoms with Crippen molar-refractivity contribution in [3.8, 4) is 0 Å². The van der Waals surface area contributed by atoms with Crippen LogP contribution in [0.15, 0.2) is 77.4 Å². The van der Waals surface area contributed by atoms with Crippen molar-refractivity contribution in [3.63, 3.8) is 0 Å². The zero-order chi connectivity index (χ0) is 17.7. The summed E-state index contributed by atoms with van der Waals surface area (Å²) in [6.07, 6.45) is 2.00. The fourth-order valence-corrected chi connectivity index (χ4v) is 3.07. The summed E-state index contributed by atoms with van der Waals surface area (Å²) in [6.45, 7) is 8.06. The average Bonchev–Trinajstić information content (AvgIpc) is 2.63. The van der Waals surface area contributed by atoms with E-state index in [2.05, 4.69) is 22.5 Å². The Hall–Kier alpha value is -2.13. The second kappa shape index (κ2) is 8.11. The molecule has 3 rings (SSSR count). The van der Waals surface area contributed by atoms with Crippen LogP contribution in [0.1, 0.15) is 25.0 Å². The van der Waals surface area contributed by atoms with Crippen LogP contribution in [0.5, 0.6) is 0 Å². The number of likely N-dealkylation sites (N-methyl/N-ethyl adjacent to an activating group) is 1. The molecule has 1 heterocycles. The summed E-state index contributed by atoms with van der Waals surface area (Å²) in [5.74, 6) is -0.239. The van der Waals surface area contributed by atoms with Gasteiger partial charge in [-0.25, -0.2) is 4.39 Å². The monoisotopic (exact) mass is 385 g/mol. The van der Waals surface area contributed by atoms with E-state index < -0.39 is 0 Å². The Labute approximate surface area is 151 Å². The lowest BCUT2D eigenvalue weighted by Gasteiger charge is -2.31. The van der Waals surface area contributed by atoms with Gasteiger partial charge in [0.2, 0.25) is 0 Å². The third kappa shape index (κ3) is 3.51. The summed E-state index contributed by atoms with van der Waals surface area (Å²) >= 11 is 3.54. The number of benzene rings is 2. The lowest BCUT2D eigenvalue weighted by atomic mass is 9.95. The first-order valence-electron chi connectivity index (χ1n) is 7.94. The van der Waals surface area contributed by atoms with Gasteiger partial charge < -0.3 is 4.90 Å². The van der Waals surface area contributed by atoms with Crippen LogP contribution in [0.2, 0.25) is 0 Å². The third-order valence-corrected chi connectivity index (χ3v) is 4.44. The number of nitrogens with zero attached hydrogens (tertiary/aromatic N) is 1. The van der Waals surface area contributed by atoms with Crippen molar-refractivity contribution in [2.24, 2.45) is 0 Å². The molecule has 0 fully saturated rings. The Balaban J connectivity index is 0.00000100. The van der Waals surface area contributed by atoms with Crippen molar-refractivity contribution in [1.29, 1.82) is 0 Å². The zero-order valence-electron chi connectivity index (χ0n) is 14.2. The highest BCUT2D eigenvalue weighted by Crippen LogP contribution is 2.40. The van der Waals surface area contributed by atoms with Gasteiger partial charge in [-0.05, 0) is 39.7 Å². The van der Waals surface area contributed by atoms with E-state index in [4.69, 9.17) is 0 Å². The molecule has 0 spiro atoms. The van der Waals surface area contributed by atoms with E-state index in [0.717, 1.165) is 27.0 Å². The number of hydrogen-bond donors (Lipinski definition) is 0. The van der Waals surface area contributed by atoms with Crippen LogP contribution in [0, 0.1) is 5.82 Å². The number of hydrogen-bond acceptors (Lipinski definition) is 1. The molecule has 0 bridgehead atoms. The highest BCUT2D eigenvalue weighted by Gasteiger charge is 2.24. The van der Waals surface area contributed by atoms with Gasteiger partial charge in [0.15, 0.2) is 0 Å². The molecule has 0 atom stereocenters. The lowest BCUT2D eigenvalue weighted by Crippen LogP contribution is -2.21. The van der Waals surface area contributed by atoms with Crippen molar-refractivity contribution in [2.75, 3.05) is 7.05 Å². The minimum absolute atomic E-state index is 0.239. The van der Waals surface area contributed by atoms with Gasteiger partial charge in [-0.3, -0.25) is 0 Å². The van der Waals surface area contributed by atoms with E-state index in [0.29, 0.717) is 5.56 Å². The fraction of sp³-hybridized carbons (Fsp3) is 0.143. The van der Waals surface area contributed by atoms with Gasteiger partial charge in [-0.15, -0.1) is 0 Å². The molecule has 124 valence electrons. The molecule has 1 nitrogen and oxygen atoms in total. The predicted molar refractivity (Wildman–Crippen MR) is 105 cm³/mol. The van der Waals surface area contributed by atoms with Crippen molar-refractivity contribution < 1.29 is 4.39 Å². The quantitative estimate of drug-likeness (QED) is 0.573. The van der Waals surface area contributed by atoms with E-state index in [-0.39, 0.29) is 5.82 Å². The van der Waals surface area contributed by atoms with Crippen LogP contribution in [0.25, 0.3) is 11.3 Å². The van der Waals surface area contributed by atoms with Gasteiger partial charge in [0.05, 0.1) is 5.70 Å². The minimum Gasteiger partial charge on any atom is -0.343 e. The Morgan fingerprint density at radius 3 is 2.17 bits per heavy atom. The first-order chi connectivity index (χ1) is 11.6. The van der Waals surface area contributed by atoms with E-state index in [9.17, 15) is 4.39 Å². The second-order valence-corrected chi connectivity index (χ2v) is 5.96. The van der Waals surface area contributed by atoms with E-state index in [1.165, 1.54) is 6.07 Å². The minimum atomic E-state index is -0.239. The molecule has 0 saturated carbocycles. The van der Waals surface area contributed by atoms with Gasteiger partial charge in [0, 0.05) is 28.4 Å². The molecular formula is C21H21BrFN. The van der Waals surface area contributed by atoms with E-state index in [1.54, 1.807) is 12.1 Å². The summed E-state index contributed by atoms with van der Waals surface area (Å²) in [5, 5.41) is 0. The number of halogens is 2. The SMILES string of the molecule is C=C1C(Br)=CC(c2ccccc2)=C(c2ccccc2F)N1C.CC. The summed E-state index contributed by atoms with van der Waals surface area (Å²) < 4.78 is 15.2. The molecule has 0 aliphatic carbocycles. The molecule has 1 aliphatic heterocycles. The summed E-state index contributed by atoms with van der Waals surface area (Å²) in [4.78, 5) is 1.92. The summed E-state index contributed by atoms with van der Waals surface area (Å²) in [5.41, 5.74) is 4.20. The summed E-state index contributed by atoms with van der Waals surface area (Å²) in [6, 6.07) is 16.8. The van der Waals surface area contributed by atoms with Gasteiger partial charge >= 0.3 is 0 Å². The van der Waals surface area contributed by atoms with Gasteiger partial charge in [0.25, 0.3) is 0 Å². The maximum absolute atomic E-state index is 14.3. The Kier molecular flexibility index (Phi) is 6.16. The first kappa shape index (κ1) is 18.2. The van der Waals surface area contributed by atoms with Crippen molar-refractivity contribution >= 4 is 27.2 Å². The smallest absolute Gasteiger partial charge is 0.132 e. The Bertz CT molecular complexity index is 790. The Morgan fingerprint density at radius 2 is 1.54 bits per heavy atom. The van der Waals surface area contributed by atoms with Crippen LogP contribution in [0.3, 0.4) is 0 Å². The Morgan fingerprint density at radius 1 is 0.958 bits per heavy atom. The van der Waals surface area contributed by atoms with Gasteiger partial charge in [-0.2, -0.15) is 0 Å². The second-order valence-electron chi connectivity index (χ2n) is 5.11. The molecule has 0 N–H and O–H groups in total. The lowest BCUT2D eigenvalue weighted by molar-refractivity contribution is 0.587. The molecule has 3 heteroatoms. The molecule has 1 aliphatic rings. The molecule has 0 amide bonds. The molecular weight excluding hydrogens is 365 g/mol. The summed E-state index contributed by atoms with van der Waals surface area (Å²) in [7, 11) is 1.90. The molecule has 2 aromatic carbocycles. The topological polar surface area (TPSA) is 3.24 Å². The molecule has 24 heavy (non-hydrogen) atoms. The molecule has 0 unspecified atom stereocenters. The molecule has 0 radical (unpaired) electrons. The largest absolute Gasteiger partial charge is 0.343 e. The number of rotatable bonds is 2. The maximum Gasteiger partial charge on any atom is 0.132 e. The molecule has 2 aromatic rings. The van der Waals surface area contributed by atoms with Gasteiger partial charge in [-0.1, -0.05) is 62.9 Å². The standard InChI is InChI=1S/C19H15BrFN.C2H6/c1-13-17(20)12-16(14-8-4-3-5-9-14)19(22(13)2)15-10-6-7-11-18(15)21;1-2/h3-12H,1H2,2H3;1-2H3. The van der Waals surface area contributed by atoms with Crippen molar-refractivity contribution in [3.05, 3.63) is 94.4 Å². The fourth-order valence-electron chi connectivity index (χ4n) is 2.57. The highest BCUT2D eigenvalue weighted by molar-refractivity contribution is 9.12. The van der Waals surface area contributed by atoms with E-state index in [1.807, 2.05) is 68.3 Å². The average molecular weight is 386 g/mol. The predicted octanol–water partition coefficient (Wildman–Crippen LogP) is 6.46. The molecule has 0 saturated heterocycles. The van der Waals surface area contributed by atoms with Crippen molar-refractivity contribution in [1.82, 2.24) is 4.90 Å². The van der Waals surface area contributed by atoms with Gasteiger partial charge in [0.1, 0.15) is 5.82 Å². The third-order valence-electron chi connectivity index (χ3n) is 3.76. The number of allylic oxidation sites excluding steroid dienone is 3. The van der Waals surface area contributed by atoms with Crippen molar-refractivity contribution in [2.45, 2.75) is 13.8 Å². The van der Waals surface area contributed by atoms with Crippen LogP contribution >= 0.6 is 15.9 Å². The van der Waals surface area contributed by atoms with Crippen LogP contribution < -0.4 is 0 Å². The van der Waals surface area contributed by atoms with Crippen LogP contribution in [0.4, 0.5) is 4.39 Å². The van der Waals surface area contributed by atoms with Crippen LogP contribution in [-0.4, -0.2) is 11.9 Å². The highest BCUT2D eigenvalue weighted by atomic mass is 79.9. The first-order valence-corrected chi connectivity index (χ1v) is 8.73. The van der Waals surface area contributed by atoms with E-state index >= 15 is 0 Å². The normalized spacial score (nSPS) is 14.1. The van der Waals surface area contributed by atoms with Crippen LogP contribution in [-0.2, 0) is 0 Å². The molecule has 0 aromatic heterocycles. The zero-order valence-corrected chi connectivity index (χ0v) is 15.8. The maximum atomic E-state index is 14.3.